The summed E-state index contributed by atoms with van der Waals surface area (Å²) in [5.41, 5.74) is 9.19. The zero-order valence-corrected chi connectivity index (χ0v) is 19.3. The van der Waals surface area contributed by atoms with Crippen LogP contribution in [-0.4, -0.2) is 43.4 Å². The van der Waals surface area contributed by atoms with Crippen LogP contribution in [0.2, 0.25) is 0 Å². The van der Waals surface area contributed by atoms with Crippen LogP contribution >= 0.6 is 0 Å². The Labute approximate surface area is 198 Å². The molecule has 2 aromatic carbocycles. The van der Waals surface area contributed by atoms with Gasteiger partial charge in [-0.3, -0.25) is 4.57 Å². The molecule has 5 rings (SSSR count). The van der Waals surface area contributed by atoms with Crippen LogP contribution in [0.1, 0.15) is 48.9 Å². The largest absolute Gasteiger partial charge is 0.393 e. The van der Waals surface area contributed by atoms with E-state index in [1.54, 1.807) is 6.33 Å². The molecule has 0 spiro atoms. The van der Waals surface area contributed by atoms with Gasteiger partial charge >= 0.3 is 0 Å². The predicted octanol–water partition coefficient (Wildman–Crippen LogP) is 3.59. The average Bonchev–Trinajstić information content (AvgIpc) is 3.49. The van der Waals surface area contributed by atoms with Crippen molar-refractivity contribution < 1.29 is 9.84 Å². The van der Waals surface area contributed by atoms with Crippen LogP contribution in [0.15, 0.2) is 67.0 Å². The highest BCUT2D eigenvalue weighted by Gasteiger charge is 2.37. The first-order valence-electron chi connectivity index (χ1n) is 11.7. The molecule has 0 aliphatic carbocycles. The van der Waals surface area contributed by atoms with Gasteiger partial charge < -0.3 is 20.9 Å². The lowest BCUT2D eigenvalue weighted by Gasteiger charge is -2.22. The summed E-state index contributed by atoms with van der Waals surface area (Å²) in [6, 6.07) is 20.9. The van der Waals surface area contributed by atoms with E-state index < -0.39 is 5.60 Å². The van der Waals surface area contributed by atoms with E-state index in [1.807, 2.05) is 23.6 Å². The maximum absolute atomic E-state index is 9.69. The first-order valence-corrected chi connectivity index (χ1v) is 11.7. The fourth-order valence-corrected chi connectivity index (χ4v) is 4.57. The molecule has 8 heteroatoms. The molecule has 2 aromatic heterocycles. The summed E-state index contributed by atoms with van der Waals surface area (Å²) in [6.45, 7) is 2.76. The number of hydrogen-bond donors (Lipinski definition) is 3. The number of rotatable bonds is 8. The third-order valence-corrected chi connectivity index (χ3v) is 6.51. The second-order valence-electron chi connectivity index (χ2n) is 8.99. The maximum atomic E-state index is 9.69. The van der Waals surface area contributed by atoms with Crippen LogP contribution in [0.3, 0.4) is 0 Å². The second kappa shape index (κ2) is 9.50. The molecule has 1 unspecified atom stereocenters. The summed E-state index contributed by atoms with van der Waals surface area (Å²) in [6.07, 6.45) is 3.04. The van der Waals surface area contributed by atoms with E-state index in [9.17, 15) is 5.11 Å². The van der Waals surface area contributed by atoms with Crippen molar-refractivity contribution in [2.24, 2.45) is 5.73 Å². The fraction of sp³-hybridized carbons (Fsp3) is 0.346. The molecule has 4 aromatic rings. The molecular formula is C26H30N6O2. The number of nitrogens with one attached hydrogen (secondary N) is 1. The zero-order chi connectivity index (χ0) is 23.5. The summed E-state index contributed by atoms with van der Waals surface area (Å²) in [5.74, 6) is 1.33. The summed E-state index contributed by atoms with van der Waals surface area (Å²) in [5, 5.41) is 13.2. The quantitative estimate of drug-likeness (QED) is 0.370. The van der Waals surface area contributed by atoms with Gasteiger partial charge in [0.2, 0.25) is 0 Å². The zero-order valence-electron chi connectivity index (χ0n) is 19.3. The molecule has 2 atom stereocenters. The van der Waals surface area contributed by atoms with Crippen molar-refractivity contribution in [2.45, 2.75) is 44.1 Å². The number of ether oxygens (including phenoxy) is 1. The van der Waals surface area contributed by atoms with Crippen molar-refractivity contribution in [3.05, 3.63) is 83.9 Å². The fourth-order valence-electron chi connectivity index (χ4n) is 4.57. The Bertz CT molecular complexity index is 1210. The van der Waals surface area contributed by atoms with Crippen LogP contribution in [-0.2, 0) is 11.3 Å². The molecule has 1 aliphatic rings. The number of anilines is 1. The summed E-state index contributed by atoms with van der Waals surface area (Å²) >= 11 is 0. The Morgan fingerprint density at radius 2 is 1.79 bits per heavy atom. The minimum absolute atomic E-state index is 0.0215. The number of nitrogens with zero attached hydrogens (tertiary/aromatic N) is 4. The van der Waals surface area contributed by atoms with Crippen LogP contribution in [0.5, 0.6) is 0 Å². The number of aromatic nitrogens is 4. The molecule has 4 N–H and O–H groups in total. The molecule has 34 heavy (non-hydrogen) atoms. The highest BCUT2D eigenvalue weighted by molar-refractivity contribution is 5.83. The van der Waals surface area contributed by atoms with Crippen LogP contribution < -0.4 is 11.1 Å². The van der Waals surface area contributed by atoms with Crippen molar-refractivity contribution in [1.82, 2.24) is 19.5 Å². The van der Waals surface area contributed by atoms with Crippen molar-refractivity contribution in [2.75, 3.05) is 18.5 Å². The Morgan fingerprint density at radius 1 is 1.12 bits per heavy atom. The van der Waals surface area contributed by atoms with Gasteiger partial charge in [-0.25, -0.2) is 15.0 Å². The number of imidazole rings is 1. The second-order valence-corrected chi connectivity index (χ2v) is 8.99. The molecule has 0 bridgehead atoms. The highest BCUT2D eigenvalue weighted by Crippen LogP contribution is 2.37. The Morgan fingerprint density at radius 3 is 2.38 bits per heavy atom. The molecular weight excluding hydrogens is 428 g/mol. The lowest BCUT2D eigenvalue weighted by molar-refractivity contribution is -0.0854. The molecule has 0 amide bonds. The third kappa shape index (κ3) is 4.40. The summed E-state index contributed by atoms with van der Waals surface area (Å²) in [7, 11) is 0. The van der Waals surface area contributed by atoms with Crippen molar-refractivity contribution >= 4 is 17.0 Å². The summed E-state index contributed by atoms with van der Waals surface area (Å²) in [4.78, 5) is 13.9. The number of aliphatic hydroxyl groups excluding tert-OH is 1. The number of hydrogen-bond acceptors (Lipinski definition) is 7. The van der Waals surface area contributed by atoms with Gasteiger partial charge in [-0.15, -0.1) is 0 Å². The SMILES string of the molecule is CC1(CO)CC[C@H](n2cnc3c(NCC(c4ccccc4)c4ccccc4)nc(CN)nc32)O1. The predicted molar refractivity (Wildman–Crippen MR) is 131 cm³/mol. The van der Waals surface area contributed by atoms with Gasteiger partial charge in [-0.2, -0.15) is 0 Å². The first kappa shape index (κ1) is 22.5. The third-order valence-electron chi connectivity index (χ3n) is 6.51. The topological polar surface area (TPSA) is 111 Å². The van der Waals surface area contributed by atoms with E-state index >= 15 is 0 Å². The van der Waals surface area contributed by atoms with E-state index in [0.29, 0.717) is 29.4 Å². The van der Waals surface area contributed by atoms with E-state index in [-0.39, 0.29) is 25.3 Å². The minimum atomic E-state index is -0.551. The van der Waals surface area contributed by atoms with Crippen molar-refractivity contribution in [1.29, 1.82) is 0 Å². The number of fused-ring (bicyclic) bond motifs is 1. The minimum Gasteiger partial charge on any atom is -0.393 e. The van der Waals surface area contributed by atoms with Gasteiger partial charge in [0.25, 0.3) is 0 Å². The van der Waals surface area contributed by atoms with Gasteiger partial charge in [0.05, 0.1) is 25.1 Å². The normalized spacial score (nSPS) is 20.3. The van der Waals surface area contributed by atoms with E-state index in [4.69, 9.17) is 10.5 Å². The first-order chi connectivity index (χ1) is 16.6. The van der Waals surface area contributed by atoms with Gasteiger partial charge in [0.15, 0.2) is 17.0 Å². The standard InChI is InChI=1S/C26H30N6O2/c1-26(16-33)13-12-22(34-26)32-17-29-23-24(30-21(14-27)31-25(23)32)28-15-20(18-8-4-2-5-9-18)19-10-6-3-7-11-19/h2-11,17,20,22,33H,12-16,27H2,1H3,(H,28,30,31)/t22-,26?/m1/s1. The Kier molecular flexibility index (Phi) is 6.28. The van der Waals surface area contributed by atoms with E-state index in [2.05, 4.69) is 68.8 Å². The smallest absolute Gasteiger partial charge is 0.167 e. The van der Waals surface area contributed by atoms with Crippen molar-refractivity contribution in [3.63, 3.8) is 0 Å². The van der Waals surface area contributed by atoms with Crippen molar-refractivity contribution in [3.8, 4) is 0 Å². The molecule has 1 fully saturated rings. The molecule has 1 saturated heterocycles. The average molecular weight is 459 g/mol. The highest BCUT2D eigenvalue weighted by atomic mass is 16.5. The Balaban J connectivity index is 1.47. The van der Waals surface area contributed by atoms with Crippen LogP contribution in [0, 0.1) is 0 Å². The summed E-state index contributed by atoms with van der Waals surface area (Å²) < 4.78 is 8.06. The lowest BCUT2D eigenvalue weighted by Crippen LogP contribution is -2.28. The number of benzene rings is 2. The molecule has 176 valence electrons. The molecule has 8 nitrogen and oxygen atoms in total. The van der Waals surface area contributed by atoms with Crippen LogP contribution in [0.4, 0.5) is 5.82 Å². The van der Waals surface area contributed by atoms with Gasteiger partial charge in [0, 0.05) is 12.5 Å². The van der Waals surface area contributed by atoms with E-state index in [0.717, 1.165) is 12.8 Å². The maximum Gasteiger partial charge on any atom is 0.167 e. The van der Waals surface area contributed by atoms with E-state index in [1.165, 1.54) is 11.1 Å². The number of nitrogens with two attached hydrogens (primary N) is 1. The molecule has 0 radical (unpaired) electrons. The lowest BCUT2D eigenvalue weighted by atomic mass is 9.91. The van der Waals surface area contributed by atoms with Crippen LogP contribution in [0.25, 0.3) is 11.2 Å². The molecule has 1 aliphatic heterocycles. The molecule has 3 heterocycles. The van der Waals surface area contributed by atoms with Gasteiger partial charge in [-0.05, 0) is 30.9 Å². The Hall–Kier alpha value is -3.33. The number of aliphatic hydroxyl groups is 1. The molecule has 0 saturated carbocycles. The van der Waals surface area contributed by atoms with Gasteiger partial charge in [0.1, 0.15) is 12.1 Å². The monoisotopic (exact) mass is 458 g/mol. The van der Waals surface area contributed by atoms with Gasteiger partial charge in [-0.1, -0.05) is 60.7 Å².